The van der Waals surface area contributed by atoms with Gasteiger partial charge in [0.2, 0.25) is 0 Å². The monoisotopic (exact) mass is 339 g/mol. The fourth-order valence-electron chi connectivity index (χ4n) is 3.63. The van der Waals surface area contributed by atoms with Crippen LogP contribution in [0.15, 0.2) is 60.7 Å². The molecule has 0 bridgehead atoms. The van der Waals surface area contributed by atoms with Crippen molar-refractivity contribution < 1.29 is 4.43 Å². The van der Waals surface area contributed by atoms with Crippen molar-refractivity contribution in [2.24, 2.45) is 5.92 Å². The van der Waals surface area contributed by atoms with Crippen molar-refractivity contribution >= 4 is 9.76 Å². The quantitative estimate of drug-likeness (QED) is 0.835. The van der Waals surface area contributed by atoms with E-state index in [1.807, 2.05) is 0 Å². The molecule has 1 fully saturated rings. The average molecular weight is 340 g/mol. The van der Waals surface area contributed by atoms with Crippen molar-refractivity contribution in [3.8, 4) is 0 Å². The molecule has 2 aromatic rings. The first-order valence-electron chi connectivity index (χ1n) is 8.98. The molecular weight excluding hydrogens is 310 g/mol. The third-order valence-corrected chi connectivity index (χ3v) is 6.24. The van der Waals surface area contributed by atoms with Crippen LogP contribution < -0.4 is 5.32 Å². The Balaban J connectivity index is 2.12. The molecule has 3 rings (SSSR count). The highest BCUT2D eigenvalue weighted by Gasteiger charge is 2.44. The minimum atomic E-state index is -0.704. The van der Waals surface area contributed by atoms with Crippen LogP contribution in [0.2, 0.25) is 5.04 Å². The van der Waals surface area contributed by atoms with Gasteiger partial charge in [-0.15, -0.1) is 0 Å². The van der Waals surface area contributed by atoms with Crippen LogP contribution in [0, 0.1) is 5.92 Å². The third-order valence-electron chi connectivity index (χ3n) is 4.77. The highest BCUT2D eigenvalue weighted by atomic mass is 28.2. The molecule has 3 heteroatoms. The van der Waals surface area contributed by atoms with Gasteiger partial charge in [-0.2, -0.15) is 0 Å². The van der Waals surface area contributed by atoms with Gasteiger partial charge in [0.1, 0.15) is 5.60 Å². The molecule has 2 aromatic carbocycles. The number of hydrogen-bond donors (Lipinski definition) is 1. The van der Waals surface area contributed by atoms with Gasteiger partial charge in [0.05, 0.1) is 0 Å². The third kappa shape index (κ3) is 3.64. The summed E-state index contributed by atoms with van der Waals surface area (Å²) in [7, 11) is -0.704. The fourth-order valence-corrected chi connectivity index (χ4v) is 4.86. The van der Waals surface area contributed by atoms with Crippen molar-refractivity contribution in [2.75, 3.05) is 13.1 Å². The predicted octanol–water partition coefficient (Wildman–Crippen LogP) is 3.86. The second-order valence-electron chi connectivity index (χ2n) is 8.01. The van der Waals surface area contributed by atoms with Crippen molar-refractivity contribution in [3.05, 3.63) is 71.8 Å². The summed E-state index contributed by atoms with van der Waals surface area (Å²) in [4.78, 5) is 0. The molecule has 1 atom stereocenters. The Morgan fingerprint density at radius 3 is 1.88 bits per heavy atom. The molecule has 0 spiro atoms. The molecule has 0 aliphatic carbocycles. The molecule has 24 heavy (non-hydrogen) atoms. The predicted molar refractivity (Wildman–Crippen MR) is 104 cm³/mol. The maximum Gasteiger partial charge on any atom is 0.168 e. The van der Waals surface area contributed by atoms with Crippen LogP contribution in [0.3, 0.4) is 0 Å². The zero-order valence-electron chi connectivity index (χ0n) is 15.1. The zero-order chi connectivity index (χ0) is 17.0. The Morgan fingerprint density at radius 1 is 0.917 bits per heavy atom. The van der Waals surface area contributed by atoms with Crippen LogP contribution in [-0.2, 0) is 10.0 Å². The van der Waals surface area contributed by atoms with E-state index in [0.717, 1.165) is 19.5 Å². The number of rotatable bonds is 5. The molecular formula is C21H29NOSi. The van der Waals surface area contributed by atoms with Crippen molar-refractivity contribution in [1.29, 1.82) is 0 Å². The largest absolute Gasteiger partial charge is 0.410 e. The minimum absolute atomic E-state index is 0.265. The lowest BCUT2D eigenvalue weighted by atomic mass is 9.75. The second-order valence-corrected chi connectivity index (χ2v) is 10.7. The molecule has 1 saturated heterocycles. The molecule has 0 aromatic heterocycles. The van der Waals surface area contributed by atoms with Gasteiger partial charge in [0, 0.05) is 12.5 Å². The zero-order valence-corrected chi connectivity index (χ0v) is 16.5. The van der Waals surface area contributed by atoms with E-state index < -0.39 is 9.76 Å². The van der Waals surface area contributed by atoms with E-state index >= 15 is 0 Å². The Morgan fingerprint density at radius 2 is 1.46 bits per heavy atom. The summed E-state index contributed by atoms with van der Waals surface area (Å²) in [5.74, 6) is 0.470. The highest BCUT2D eigenvalue weighted by molar-refractivity contribution is 6.32. The van der Waals surface area contributed by atoms with Gasteiger partial charge in [-0.1, -0.05) is 81.4 Å². The first kappa shape index (κ1) is 17.4. The summed E-state index contributed by atoms with van der Waals surface area (Å²) in [6, 6.07) is 21.7. The molecule has 0 radical (unpaired) electrons. The maximum absolute atomic E-state index is 6.95. The molecule has 1 N–H and O–H groups in total. The Bertz CT molecular complexity index is 590. The van der Waals surface area contributed by atoms with E-state index in [2.05, 4.69) is 86.8 Å². The van der Waals surface area contributed by atoms with Crippen LogP contribution in [0.4, 0.5) is 0 Å². The average Bonchev–Trinajstić information content (AvgIpc) is 3.11. The fraction of sp³-hybridized carbons (Fsp3) is 0.429. The second kappa shape index (κ2) is 7.22. The normalized spacial score (nSPS) is 19.2. The molecule has 128 valence electrons. The number of hydrogen-bond acceptors (Lipinski definition) is 2. The maximum atomic E-state index is 6.95. The van der Waals surface area contributed by atoms with E-state index in [0.29, 0.717) is 5.92 Å². The van der Waals surface area contributed by atoms with Crippen LogP contribution in [0.25, 0.3) is 0 Å². The standard InChI is InChI=1S/C21H29NOSi/c1-20(2,3)24-23-21(19-14-15-22-16-19,17-10-6-4-7-11-17)18-12-8-5-9-13-18/h4-13,19,22H,14-16,24H2,1-3H3. The minimum Gasteiger partial charge on any atom is -0.410 e. The summed E-state index contributed by atoms with van der Waals surface area (Å²) < 4.78 is 6.95. The van der Waals surface area contributed by atoms with Crippen molar-refractivity contribution in [1.82, 2.24) is 5.32 Å². The summed E-state index contributed by atoms with van der Waals surface area (Å²) in [6.07, 6.45) is 1.16. The van der Waals surface area contributed by atoms with E-state index in [9.17, 15) is 0 Å². The summed E-state index contributed by atoms with van der Waals surface area (Å²) >= 11 is 0. The summed E-state index contributed by atoms with van der Waals surface area (Å²) in [5.41, 5.74) is 2.26. The van der Waals surface area contributed by atoms with Crippen LogP contribution >= 0.6 is 0 Å². The lowest BCUT2D eigenvalue weighted by Gasteiger charge is -2.42. The van der Waals surface area contributed by atoms with Crippen LogP contribution in [0.5, 0.6) is 0 Å². The van der Waals surface area contributed by atoms with Gasteiger partial charge in [-0.25, -0.2) is 0 Å². The van der Waals surface area contributed by atoms with Gasteiger partial charge in [-0.05, 0) is 29.1 Å². The number of benzene rings is 2. The van der Waals surface area contributed by atoms with E-state index in [1.165, 1.54) is 11.1 Å². The summed E-state index contributed by atoms with van der Waals surface area (Å²) in [6.45, 7) is 8.99. The molecule has 1 heterocycles. The van der Waals surface area contributed by atoms with E-state index in [-0.39, 0.29) is 10.6 Å². The Kier molecular flexibility index (Phi) is 5.23. The highest BCUT2D eigenvalue weighted by Crippen LogP contribution is 2.44. The molecule has 0 amide bonds. The molecule has 2 nitrogen and oxygen atoms in total. The van der Waals surface area contributed by atoms with Crippen LogP contribution in [-0.4, -0.2) is 22.9 Å². The Hall–Kier alpha value is -1.42. The lowest BCUT2D eigenvalue weighted by molar-refractivity contribution is 0.0519. The van der Waals surface area contributed by atoms with Gasteiger partial charge in [0.15, 0.2) is 9.76 Å². The van der Waals surface area contributed by atoms with Crippen molar-refractivity contribution in [3.63, 3.8) is 0 Å². The topological polar surface area (TPSA) is 21.3 Å². The SMILES string of the molecule is CC(C)(C)[SiH2]OC(c1ccccc1)(c1ccccc1)C1CCNC1. The Labute approximate surface area is 148 Å². The molecule has 0 saturated carbocycles. The lowest BCUT2D eigenvalue weighted by Crippen LogP contribution is -2.42. The van der Waals surface area contributed by atoms with Gasteiger partial charge >= 0.3 is 0 Å². The molecule has 1 unspecified atom stereocenters. The summed E-state index contributed by atoms with van der Waals surface area (Å²) in [5, 5.41) is 3.81. The first-order chi connectivity index (χ1) is 11.5. The smallest absolute Gasteiger partial charge is 0.168 e. The van der Waals surface area contributed by atoms with Gasteiger partial charge < -0.3 is 9.74 Å². The van der Waals surface area contributed by atoms with Gasteiger partial charge in [-0.3, -0.25) is 0 Å². The van der Waals surface area contributed by atoms with E-state index in [4.69, 9.17) is 4.43 Å². The first-order valence-corrected chi connectivity index (χ1v) is 10.3. The molecule has 1 aliphatic rings. The van der Waals surface area contributed by atoms with Crippen molar-refractivity contribution in [2.45, 2.75) is 37.8 Å². The van der Waals surface area contributed by atoms with E-state index in [1.54, 1.807) is 0 Å². The number of nitrogens with one attached hydrogen (secondary N) is 1. The molecule has 1 aliphatic heterocycles. The van der Waals surface area contributed by atoms with Crippen LogP contribution in [0.1, 0.15) is 38.3 Å². The van der Waals surface area contributed by atoms with Gasteiger partial charge in [0.25, 0.3) is 0 Å².